The van der Waals surface area contributed by atoms with Crippen molar-refractivity contribution in [1.82, 2.24) is 4.90 Å². The summed E-state index contributed by atoms with van der Waals surface area (Å²) in [7, 11) is 0. The molecule has 1 saturated carbocycles. The number of hydrogen-bond donors (Lipinski definition) is 1. The second-order valence-corrected chi connectivity index (χ2v) is 5.83. The lowest BCUT2D eigenvalue weighted by Gasteiger charge is -2.36. The fourth-order valence-corrected chi connectivity index (χ4v) is 2.80. The van der Waals surface area contributed by atoms with Crippen LogP contribution in [0.25, 0.3) is 0 Å². The standard InChI is InChI=1S/C14H28N2O/c1-5-16(9-10(2)3)14(17)12-7-6-8-13(15)11(12)4/h10-13H,5-9,15H2,1-4H3. The number of hydrogen-bond acceptors (Lipinski definition) is 2. The summed E-state index contributed by atoms with van der Waals surface area (Å²) in [6.07, 6.45) is 3.19. The van der Waals surface area contributed by atoms with Crippen LogP contribution >= 0.6 is 0 Å². The third kappa shape index (κ3) is 3.70. The van der Waals surface area contributed by atoms with E-state index >= 15 is 0 Å². The molecule has 3 nitrogen and oxygen atoms in total. The van der Waals surface area contributed by atoms with Gasteiger partial charge in [0.2, 0.25) is 5.91 Å². The molecule has 3 unspecified atom stereocenters. The number of carbonyl (C=O) groups is 1. The van der Waals surface area contributed by atoms with Crippen molar-refractivity contribution in [2.24, 2.45) is 23.5 Å². The van der Waals surface area contributed by atoms with Crippen molar-refractivity contribution in [3.05, 3.63) is 0 Å². The van der Waals surface area contributed by atoms with E-state index in [2.05, 4.69) is 27.7 Å². The summed E-state index contributed by atoms with van der Waals surface area (Å²) in [5.41, 5.74) is 6.08. The Morgan fingerprint density at radius 1 is 1.41 bits per heavy atom. The van der Waals surface area contributed by atoms with Crippen molar-refractivity contribution in [3.63, 3.8) is 0 Å². The lowest BCUT2D eigenvalue weighted by Crippen LogP contribution is -2.46. The zero-order valence-corrected chi connectivity index (χ0v) is 11.8. The third-order valence-electron chi connectivity index (χ3n) is 3.96. The monoisotopic (exact) mass is 240 g/mol. The molecular formula is C14H28N2O. The molecule has 100 valence electrons. The zero-order valence-electron chi connectivity index (χ0n) is 11.8. The first-order valence-corrected chi connectivity index (χ1v) is 7.01. The highest BCUT2D eigenvalue weighted by Crippen LogP contribution is 2.30. The molecule has 1 amide bonds. The summed E-state index contributed by atoms with van der Waals surface area (Å²) in [6.45, 7) is 10.2. The van der Waals surface area contributed by atoms with Gasteiger partial charge in [-0.3, -0.25) is 4.79 Å². The van der Waals surface area contributed by atoms with Gasteiger partial charge >= 0.3 is 0 Å². The average molecular weight is 240 g/mol. The highest BCUT2D eigenvalue weighted by atomic mass is 16.2. The van der Waals surface area contributed by atoms with Crippen LogP contribution < -0.4 is 5.73 Å². The van der Waals surface area contributed by atoms with Gasteiger partial charge in [-0.15, -0.1) is 0 Å². The highest BCUT2D eigenvalue weighted by molar-refractivity contribution is 5.79. The molecule has 3 heteroatoms. The van der Waals surface area contributed by atoms with Gasteiger partial charge in [-0.1, -0.05) is 27.2 Å². The lowest BCUT2D eigenvalue weighted by molar-refractivity contribution is -0.139. The Balaban J connectivity index is 2.66. The highest BCUT2D eigenvalue weighted by Gasteiger charge is 2.34. The topological polar surface area (TPSA) is 46.3 Å². The van der Waals surface area contributed by atoms with Gasteiger partial charge in [-0.25, -0.2) is 0 Å². The molecular weight excluding hydrogens is 212 g/mol. The molecule has 0 aliphatic heterocycles. The third-order valence-corrected chi connectivity index (χ3v) is 3.96. The fourth-order valence-electron chi connectivity index (χ4n) is 2.80. The van der Waals surface area contributed by atoms with Gasteiger partial charge in [-0.2, -0.15) is 0 Å². The van der Waals surface area contributed by atoms with E-state index in [0.29, 0.717) is 17.7 Å². The second-order valence-electron chi connectivity index (χ2n) is 5.83. The quantitative estimate of drug-likeness (QED) is 0.819. The number of rotatable bonds is 4. The van der Waals surface area contributed by atoms with Crippen LogP contribution in [0.5, 0.6) is 0 Å². The Morgan fingerprint density at radius 3 is 2.59 bits per heavy atom. The molecule has 0 radical (unpaired) electrons. The molecule has 1 rings (SSSR count). The summed E-state index contributed by atoms with van der Waals surface area (Å²) >= 11 is 0. The van der Waals surface area contributed by atoms with Gasteiger partial charge in [0, 0.05) is 25.0 Å². The fraction of sp³-hybridized carbons (Fsp3) is 0.929. The van der Waals surface area contributed by atoms with Crippen molar-refractivity contribution in [2.75, 3.05) is 13.1 Å². The van der Waals surface area contributed by atoms with Crippen LogP contribution in [0.15, 0.2) is 0 Å². The summed E-state index contributed by atoms with van der Waals surface area (Å²) in [4.78, 5) is 14.5. The lowest BCUT2D eigenvalue weighted by atomic mass is 9.76. The van der Waals surface area contributed by atoms with Gasteiger partial charge < -0.3 is 10.6 Å². The largest absolute Gasteiger partial charge is 0.342 e. The molecule has 1 fully saturated rings. The zero-order chi connectivity index (χ0) is 13.0. The van der Waals surface area contributed by atoms with Crippen molar-refractivity contribution in [1.29, 1.82) is 0 Å². The molecule has 1 aliphatic carbocycles. The number of carbonyl (C=O) groups excluding carboxylic acids is 1. The number of amides is 1. The molecule has 0 aromatic heterocycles. The minimum Gasteiger partial charge on any atom is -0.342 e. The molecule has 0 saturated heterocycles. The van der Waals surface area contributed by atoms with E-state index in [1.54, 1.807) is 0 Å². The van der Waals surface area contributed by atoms with E-state index < -0.39 is 0 Å². The molecule has 1 aliphatic rings. The summed E-state index contributed by atoms with van der Waals surface area (Å²) in [5, 5.41) is 0. The van der Waals surface area contributed by atoms with Crippen LogP contribution in [-0.4, -0.2) is 29.9 Å². The Morgan fingerprint density at radius 2 is 2.06 bits per heavy atom. The van der Waals surface area contributed by atoms with Crippen LogP contribution in [0.4, 0.5) is 0 Å². The molecule has 0 bridgehead atoms. The Bertz CT molecular complexity index is 253. The first-order valence-electron chi connectivity index (χ1n) is 7.01. The second kappa shape index (κ2) is 6.39. The van der Waals surface area contributed by atoms with Crippen LogP contribution in [0.2, 0.25) is 0 Å². The van der Waals surface area contributed by atoms with E-state index in [-0.39, 0.29) is 12.0 Å². The van der Waals surface area contributed by atoms with Crippen molar-refractivity contribution in [2.45, 2.75) is 53.0 Å². The Labute approximate surface area is 106 Å². The van der Waals surface area contributed by atoms with Gasteiger partial charge in [0.25, 0.3) is 0 Å². The van der Waals surface area contributed by atoms with Gasteiger partial charge in [0.1, 0.15) is 0 Å². The van der Waals surface area contributed by atoms with Gasteiger partial charge in [0.15, 0.2) is 0 Å². The number of nitrogens with zero attached hydrogens (tertiary/aromatic N) is 1. The van der Waals surface area contributed by atoms with Crippen molar-refractivity contribution < 1.29 is 4.79 Å². The normalized spacial score (nSPS) is 29.4. The first-order chi connectivity index (χ1) is 7.97. The van der Waals surface area contributed by atoms with Crippen LogP contribution in [0.3, 0.4) is 0 Å². The summed E-state index contributed by atoms with van der Waals surface area (Å²) in [6, 6.07) is 0.204. The van der Waals surface area contributed by atoms with Crippen LogP contribution in [0.1, 0.15) is 47.0 Å². The van der Waals surface area contributed by atoms with Gasteiger partial charge in [0.05, 0.1) is 0 Å². The van der Waals surface area contributed by atoms with E-state index in [1.165, 1.54) is 0 Å². The predicted molar refractivity (Wildman–Crippen MR) is 71.6 cm³/mol. The number of nitrogens with two attached hydrogens (primary N) is 1. The van der Waals surface area contributed by atoms with Gasteiger partial charge in [-0.05, 0) is 31.6 Å². The maximum atomic E-state index is 12.5. The molecule has 0 heterocycles. The molecule has 2 N–H and O–H groups in total. The van der Waals surface area contributed by atoms with Crippen LogP contribution in [-0.2, 0) is 4.79 Å². The average Bonchev–Trinajstić information content (AvgIpc) is 2.28. The van der Waals surface area contributed by atoms with Crippen LogP contribution in [0, 0.1) is 17.8 Å². The minimum atomic E-state index is 0.150. The Kier molecular flexibility index (Phi) is 5.44. The first kappa shape index (κ1) is 14.5. The molecule has 0 spiro atoms. The Hall–Kier alpha value is -0.570. The van der Waals surface area contributed by atoms with Crippen molar-refractivity contribution >= 4 is 5.91 Å². The summed E-state index contributed by atoms with van der Waals surface area (Å²) < 4.78 is 0. The van der Waals surface area contributed by atoms with E-state index in [1.807, 2.05) is 4.90 Å². The minimum absolute atomic E-state index is 0.150. The maximum Gasteiger partial charge on any atom is 0.226 e. The molecule has 0 aromatic carbocycles. The SMILES string of the molecule is CCN(CC(C)C)C(=O)C1CCCC(N)C1C. The predicted octanol–water partition coefficient (Wildman–Crippen LogP) is 2.25. The molecule has 17 heavy (non-hydrogen) atoms. The van der Waals surface area contributed by atoms with Crippen molar-refractivity contribution in [3.8, 4) is 0 Å². The smallest absolute Gasteiger partial charge is 0.226 e. The maximum absolute atomic E-state index is 12.5. The molecule has 3 atom stereocenters. The summed E-state index contributed by atoms with van der Waals surface area (Å²) in [5.74, 6) is 1.34. The van der Waals surface area contributed by atoms with E-state index in [4.69, 9.17) is 5.73 Å². The molecule has 0 aromatic rings. The van der Waals surface area contributed by atoms with E-state index in [0.717, 1.165) is 32.4 Å². The van der Waals surface area contributed by atoms with E-state index in [9.17, 15) is 4.79 Å².